The fraction of sp³-hybridized carbons (Fsp3) is 0.895. The van der Waals surface area contributed by atoms with Crippen LogP contribution in [0, 0.1) is 5.92 Å². The molecule has 1 rings (SSSR count). The van der Waals surface area contributed by atoms with Crippen molar-refractivity contribution in [3.8, 4) is 0 Å². The van der Waals surface area contributed by atoms with Crippen molar-refractivity contribution in [2.75, 3.05) is 20.2 Å². The highest BCUT2D eigenvalue weighted by Crippen LogP contribution is 2.21. The summed E-state index contributed by atoms with van der Waals surface area (Å²) in [5.41, 5.74) is 0. The summed E-state index contributed by atoms with van der Waals surface area (Å²) in [5, 5.41) is 9.70. The number of ether oxygens (including phenoxy) is 1. The lowest BCUT2D eigenvalue weighted by Gasteiger charge is -2.17. The van der Waals surface area contributed by atoms with E-state index in [-0.39, 0.29) is 24.7 Å². The van der Waals surface area contributed by atoms with Gasteiger partial charge in [-0.3, -0.25) is 9.59 Å². The first-order valence-corrected chi connectivity index (χ1v) is 9.40. The first kappa shape index (κ1) is 19.2. The molecular weight excluding hydrogens is 306 g/mol. The molecule has 2 unspecified atom stereocenters. The summed E-state index contributed by atoms with van der Waals surface area (Å²) in [6.07, 6.45) is 10.0. The zero-order chi connectivity index (χ0) is 18.5. The van der Waals surface area contributed by atoms with Crippen LogP contribution in [0.15, 0.2) is 0 Å². The van der Waals surface area contributed by atoms with Crippen molar-refractivity contribution in [3.63, 3.8) is 0 Å². The van der Waals surface area contributed by atoms with E-state index >= 15 is 0 Å². The molecule has 1 heterocycles. The molecule has 0 aliphatic carbocycles. The molecule has 0 spiro atoms. The van der Waals surface area contributed by atoms with Gasteiger partial charge in [-0.15, -0.1) is 0 Å². The number of rotatable bonds is 12. The van der Waals surface area contributed by atoms with E-state index in [0.717, 1.165) is 51.5 Å². The predicted octanol–water partition coefficient (Wildman–Crippen LogP) is 3.29. The van der Waals surface area contributed by atoms with Crippen LogP contribution in [0.5, 0.6) is 0 Å². The quantitative estimate of drug-likeness (QED) is 0.436. The number of aliphatic hydroxyl groups is 1. The molecule has 24 heavy (non-hydrogen) atoms. The van der Waals surface area contributed by atoms with E-state index in [1.165, 1.54) is 20.0 Å². The van der Waals surface area contributed by atoms with Gasteiger partial charge in [0.05, 0.1) is 13.2 Å². The largest absolute Gasteiger partial charge is 0.469 e. The van der Waals surface area contributed by atoms with Crippen LogP contribution in [0.2, 0.25) is 0 Å². The van der Waals surface area contributed by atoms with Gasteiger partial charge in [-0.25, -0.2) is 0 Å². The summed E-state index contributed by atoms with van der Waals surface area (Å²) < 4.78 is 11.8. The van der Waals surface area contributed by atoms with Gasteiger partial charge in [0.1, 0.15) is 0 Å². The highest BCUT2D eigenvalue weighted by molar-refractivity contribution is 5.76. The molecule has 1 N–H and O–H groups in total. The Labute approximate surface area is 148 Å². The molecule has 0 saturated carbocycles. The van der Waals surface area contributed by atoms with Crippen molar-refractivity contribution in [1.82, 2.24) is 4.90 Å². The number of unbranched alkanes of at least 4 members (excludes halogenated alkanes) is 7. The Morgan fingerprint density at radius 1 is 1.12 bits per heavy atom. The minimum atomic E-state index is -0.592. The van der Waals surface area contributed by atoms with Crippen molar-refractivity contribution in [3.05, 3.63) is 0 Å². The van der Waals surface area contributed by atoms with Gasteiger partial charge in [0.2, 0.25) is 5.91 Å². The number of esters is 1. The van der Waals surface area contributed by atoms with Crippen LogP contribution in [0.1, 0.15) is 78.9 Å². The fourth-order valence-corrected chi connectivity index (χ4v) is 3.19. The molecule has 0 radical (unpaired) electrons. The molecule has 5 heteroatoms. The highest BCUT2D eigenvalue weighted by Gasteiger charge is 2.28. The normalized spacial score (nSPS) is 19.2. The molecule has 0 aromatic heterocycles. The molecule has 1 aliphatic heterocycles. The van der Waals surface area contributed by atoms with E-state index in [1.54, 1.807) is 0 Å². The van der Waals surface area contributed by atoms with Gasteiger partial charge in [-0.05, 0) is 26.2 Å². The van der Waals surface area contributed by atoms with Gasteiger partial charge in [0.15, 0.2) is 0 Å². The van der Waals surface area contributed by atoms with E-state index in [0.29, 0.717) is 19.4 Å². The molecular formula is C19H35NO4. The third kappa shape index (κ3) is 8.67. The minimum absolute atomic E-state index is 0.0232. The number of methoxy groups -OCH3 is 1. The van der Waals surface area contributed by atoms with E-state index in [4.69, 9.17) is 1.37 Å². The summed E-state index contributed by atoms with van der Waals surface area (Å²) >= 11 is 0. The van der Waals surface area contributed by atoms with Crippen LogP contribution in [0.25, 0.3) is 0 Å². The number of amides is 1. The van der Waals surface area contributed by atoms with Crippen LogP contribution in [0.4, 0.5) is 0 Å². The van der Waals surface area contributed by atoms with Crippen LogP contribution >= 0.6 is 0 Å². The smallest absolute Gasteiger partial charge is 0.305 e. The number of carbonyl (C=O) groups is 2. The zero-order valence-electron chi connectivity index (χ0n) is 16.2. The lowest BCUT2D eigenvalue weighted by molar-refractivity contribution is -0.140. The van der Waals surface area contributed by atoms with Gasteiger partial charge in [-0.1, -0.05) is 38.5 Å². The van der Waals surface area contributed by atoms with Gasteiger partial charge >= 0.3 is 5.97 Å². The second-order valence-electron chi connectivity index (χ2n) is 6.86. The maximum Gasteiger partial charge on any atom is 0.305 e. The number of nitrogens with zero attached hydrogens (tertiary/aromatic N) is 1. The lowest BCUT2D eigenvalue weighted by Crippen LogP contribution is -2.30. The standard InChI is InChI=1S/C19H35NO4/c1-16(21)17-13-14-20(15-17)18(22)11-9-7-5-3-4-6-8-10-12-19(23)24-2/h16-17,21H,3-15H2,1-2H3/i1D. The van der Waals surface area contributed by atoms with Gasteiger partial charge < -0.3 is 14.7 Å². The summed E-state index contributed by atoms with van der Waals surface area (Å²) in [6, 6.07) is 0. The van der Waals surface area contributed by atoms with Crippen molar-refractivity contribution in [1.29, 1.82) is 0 Å². The molecule has 140 valence electrons. The van der Waals surface area contributed by atoms with E-state index in [1.807, 2.05) is 4.90 Å². The molecule has 1 amide bonds. The number of hydrogen-bond donors (Lipinski definition) is 1. The van der Waals surface area contributed by atoms with Gasteiger partial charge in [-0.2, -0.15) is 0 Å². The van der Waals surface area contributed by atoms with Crippen LogP contribution in [-0.2, 0) is 14.3 Å². The lowest BCUT2D eigenvalue weighted by atomic mass is 10.0. The van der Waals surface area contributed by atoms with Gasteiger partial charge in [0.25, 0.3) is 0 Å². The minimum Gasteiger partial charge on any atom is -0.469 e. The maximum absolute atomic E-state index is 12.1. The second kappa shape index (κ2) is 12.3. The monoisotopic (exact) mass is 342 g/mol. The van der Waals surface area contributed by atoms with E-state index in [9.17, 15) is 14.7 Å². The van der Waals surface area contributed by atoms with E-state index < -0.39 is 6.10 Å². The average Bonchev–Trinajstić information content (AvgIpc) is 3.12. The van der Waals surface area contributed by atoms with Crippen molar-refractivity contribution < 1.29 is 20.8 Å². The summed E-state index contributed by atoms with van der Waals surface area (Å²) in [7, 11) is 1.43. The Morgan fingerprint density at radius 3 is 2.29 bits per heavy atom. The molecule has 1 saturated heterocycles. The van der Waals surface area contributed by atoms with Gasteiger partial charge in [0, 0.05) is 33.2 Å². The maximum atomic E-state index is 12.1. The van der Waals surface area contributed by atoms with Crippen LogP contribution in [0.3, 0.4) is 0 Å². The Hall–Kier alpha value is -1.10. The molecule has 1 aliphatic rings. The molecule has 0 aromatic rings. The summed E-state index contributed by atoms with van der Waals surface area (Å²) in [5.74, 6) is 0.159. The van der Waals surface area contributed by atoms with Crippen molar-refractivity contribution >= 4 is 11.9 Å². The number of aliphatic hydroxyl groups excluding tert-OH is 1. The highest BCUT2D eigenvalue weighted by atomic mass is 16.5. The number of carbonyl (C=O) groups excluding carboxylic acids is 2. The average molecular weight is 342 g/mol. The molecule has 0 aromatic carbocycles. The predicted molar refractivity (Wildman–Crippen MR) is 94.6 cm³/mol. The number of hydrogen-bond acceptors (Lipinski definition) is 4. The van der Waals surface area contributed by atoms with Crippen LogP contribution in [-0.4, -0.2) is 48.2 Å². The Kier molecular flexibility index (Phi) is 9.85. The molecule has 0 bridgehead atoms. The second-order valence-corrected chi connectivity index (χ2v) is 6.86. The fourth-order valence-electron chi connectivity index (χ4n) is 3.19. The third-order valence-electron chi connectivity index (χ3n) is 4.87. The summed E-state index contributed by atoms with van der Waals surface area (Å²) in [4.78, 5) is 25.0. The summed E-state index contributed by atoms with van der Waals surface area (Å²) in [6.45, 7) is 1.37. The zero-order valence-corrected chi connectivity index (χ0v) is 15.2. The van der Waals surface area contributed by atoms with Crippen molar-refractivity contribution in [2.45, 2.75) is 83.6 Å². The third-order valence-corrected chi connectivity index (χ3v) is 4.87. The van der Waals surface area contributed by atoms with Crippen molar-refractivity contribution in [2.24, 2.45) is 5.92 Å². The molecule has 1 fully saturated rings. The Morgan fingerprint density at radius 2 is 1.71 bits per heavy atom. The first-order valence-electron chi connectivity index (χ1n) is 10.1. The van der Waals surface area contributed by atoms with Crippen LogP contribution < -0.4 is 0 Å². The first-order chi connectivity index (χ1) is 12.1. The Balaban J connectivity index is 1.93. The van der Waals surface area contributed by atoms with E-state index in [2.05, 4.69) is 4.74 Å². The topological polar surface area (TPSA) is 66.8 Å². The SMILES string of the molecule is [2H]CC(O)C1CCN(C(=O)CCCCCCCCCCC(=O)OC)C1. The molecule has 5 nitrogen and oxygen atoms in total. The number of likely N-dealkylation sites (tertiary alicyclic amines) is 1. The Bertz CT molecular complexity index is 392. The molecule has 2 atom stereocenters.